The van der Waals surface area contributed by atoms with Gasteiger partial charge in [-0.05, 0) is 44.0 Å². The van der Waals surface area contributed by atoms with E-state index in [4.69, 9.17) is 4.74 Å². The number of benzene rings is 1. The van der Waals surface area contributed by atoms with Gasteiger partial charge in [-0.15, -0.1) is 0 Å². The summed E-state index contributed by atoms with van der Waals surface area (Å²) in [5.41, 5.74) is -0.160. The molecule has 0 saturated heterocycles. The van der Waals surface area contributed by atoms with Crippen molar-refractivity contribution in [1.82, 2.24) is 4.90 Å². The molecule has 0 fully saturated rings. The van der Waals surface area contributed by atoms with Gasteiger partial charge in [-0.1, -0.05) is 6.07 Å². The topological polar surface area (TPSA) is 49.8 Å². The maximum absolute atomic E-state index is 12.9. The number of ether oxygens (including phenoxy) is 1. The van der Waals surface area contributed by atoms with Crippen molar-refractivity contribution in [3.63, 3.8) is 0 Å². The summed E-state index contributed by atoms with van der Waals surface area (Å²) < 4.78 is 44.1. The van der Waals surface area contributed by atoms with Crippen molar-refractivity contribution in [3.8, 4) is 0 Å². The van der Waals surface area contributed by atoms with Gasteiger partial charge in [0.05, 0.1) is 17.8 Å². The first-order chi connectivity index (χ1) is 11.0. The number of carbonyl (C=O) groups is 1. The molecule has 2 rings (SSSR count). The normalized spacial score (nSPS) is 18.5. The van der Waals surface area contributed by atoms with E-state index in [2.05, 4.69) is 0 Å². The number of aliphatic hydroxyl groups is 1. The monoisotopic (exact) mass is 345 g/mol. The molecule has 0 spiro atoms. The van der Waals surface area contributed by atoms with Crippen molar-refractivity contribution in [2.45, 2.75) is 45.0 Å². The lowest BCUT2D eigenvalue weighted by molar-refractivity contribution is -0.142. The van der Waals surface area contributed by atoms with Crippen LogP contribution in [-0.4, -0.2) is 41.3 Å². The number of aliphatic hydroxyl groups excluding tert-OH is 1. The Morgan fingerprint density at radius 1 is 1.33 bits per heavy atom. The summed E-state index contributed by atoms with van der Waals surface area (Å²) in [6.07, 6.45) is -4.44. The van der Waals surface area contributed by atoms with E-state index in [-0.39, 0.29) is 32.2 Å². The molecule has 1 N–H and O–H groups in total. The van der Waals surface area contributed by atoms with E-state index in [0.29, 0.717) is 11.1 Å². The Bertz CT molecular complexity index is 608. The molecule has 4 nitrogen and oxygen atoms in total. The van der Waals surface area contributed by atoms with Gasteiger partial charge in [0, 0.05) is 19.0 Å². The van der Waals surface area contributed by atoms with Crippen molar-refractivity contribution in [2.75, 3.05) is 19.8 Å². The van der Waals surface area contributed by atoms with E-state index in [9.17, 15) is 23.1 Å². The number of amides is 1. The van der Waals surface area contributed by atoms with E-state index in [0.717, 1.165) is 12.1 Å². The van der Waals surface area contributed by atoms with Crippen molar-refractivity contribution in [3.05, 3.63) is 34.9 Å². The molecule has 1 aromatic rings. The summed E-state index contributed by atoms with van der Waals surface area (Å²) in [5, 5.41) is 9.53. The molecule has 1 atom stereocenters. The van der Waals surface area contributed by atoms with E-state index in [1.165, 1.54) is 11.0 Å². The minimum Gasteiger partial charge on any atom is -0.396 e. The van der Waals surface area contributed by atoms with Crippen molar-refractivity contribution >= 4 is 5.91 Å². The molecule has 1 amide bonds. The number of hydrogen-bond acceptors (Lipinski definition) is 3. The maximum Gasteiger partial charge on any atom is 0.416 e. The molecule has 1 unspecified atom stereocenters. The van der Waals surface area contributed by atoms with E-state index in [1.807, 2.05) is 20.8 Å². The number of rotatable bonds is 3. The van der Waals surface area contributed by atoms with Gasteiger partial charge in [0.1, 0.15) is 6.61 Å². The van der Waals surface area contributed by atoms with Crippen LogP contribution in [0.1, 0.15) is 43.4 Å². The first-order valence-electron chi connectivity index (χ1n) is 7.74. The molecule has 1 aliphatic rings. The first kappa shape index (κ1) is 18.7. The lowest BCUT2D eigenvalue weighted by Crippen LogP contribution is -2.42. The molecule has 1 aromatic carbocycles. The Morgan fingerprint density at radius 3 is 2.54 bits per heavy atom. The number of halogens is 3. The molecule has 0 saturated carbocycles. The van der Waals surface area contributed by atoms with E-state index in [1.54, 1.807) is 0 Å². The van der Waals surface area contributed by atoms with Gasteiger partial charge in [0.15, 0.2) is 0 Å². The average Bonchev–Trinajstić information content (AvgIpc) is 2.49. The van der Waals surface area contributed by atoms with Gasteiger partial charge in [-0.2, -0.15) is 13.2 Å². The number of alkyl halides is 3. The Kier molecular flexibility index (Phi) is 5.25. The van der Waals surface area contributed by atoms with Crippen molar-refractivity contribution in [2.24, 2.45) is 0 Å². The zero-order valence-electron chi connectivity index (χ0n) is 14.0. The second kappa shape index (κ2) is 6.72. The van der Waals surface area contributed by atoms with E-state index >= 15 is 0 Å². The Morgan fingerprint density at radius 2 is 2.00 bits per heavy atom. The quantitative estimate of drug-likeness (QED) is 0.916. The summed E-state index contributed by atoms with van der Waals surface area (Å²) in [7, 11) is 0. The fraction of sp³-hybridized carbons (Fsp3) is 0.588. The summed E-state index contributed by atoms with van der Waals surface area (Å²) in [4.78, 5) is 13.7. The minimum absolute atomic E-state index is 0.0854. The summed E-state index contributed by atoms with van der Waals surface area (Å²) in [6.45, 7) is 5.43. The number of carbonyl (C=O) groups excluding carboxylic acids is 1. The summed E-state index contributed by atoms with van der Waals surface area (Å²) >= 11 is 0. The van der Waals surface area contributed by atoms with Gasteiger partial charge in [0.25, 0.3) is 0 Å². The fourth-order valence-electron chi connectivity index (χ4n) is 2.67. The van der Waals surface area contributed by atoms with Crippen molar-refractivity contribution in [1.29, 1.82) is 0 Å². The molecule has 1 aliphatic heterocycles. The predicted octanol–water partition coefficient (Wildman–Crippen LogP) is 2.94. The standard InChI is InChI=1S/C17H22F3NO3/c1-16(2,3)24-10-15(23)21-7-11-6-13(17(18,19)20)4-5-14(11)12(8-21)9-22/h4-6,12,22H,7-10H2,1-3H3. The molecule has 7 heteroatoms. The van der Waals surface area contributed by atoms with Crippen LogP contribution in [0.4, 0.5) is 13.2 Å². The number of nitrogens with zero attached hydrogens (tertiary/aromatic N) is 1. The fourth-order valence-corrected chi connectivity index (χ4v) is 2.67. The smallest absolute Gasteiger partial charge is 0.396 e. The Labute approximate surface area is 139 Å². The number of fused-ring (bicyclic) bond motifs is 1. The van der Waals surface area contributed by atoms with E-state index < -0.39 is 23.3 Å². The molecule has 0 aromatic heterocycles. The summed E-state index contributed by atoms with van der Waals surface area (Å²) in [5.74, 6) is -0.693. The average molecular weight is 345 g/mol. The lowest BCUT2D eigenvalue weighted by atomic mass is 9.89. The maximum atomic E-state index is 12.9. The summed E-state index contributed by atoms with van der Waals surface area (Å²) in [6, 6.07) is 3.47. The second-order valence-corrected chi connectivity index (χ2v) is 6.97. The van der Waals surface area contributed by atoms with Crippen LogP contribution in [0.15, 0.2) is 18.2 Å². The highest BCUT2D eigenvalue weighted by Gasteiger charge is 2.34. The van der Waals surface area contributed by atoms with Gasteiger partial charge in [-0.25, -0.2) is 0 Å². The third-order valence-corrected chi connectivity index (χ3v) is 3.91. The zero-order chi connectivity index (χ0) is 18.1. The van der Waals surface area contributed by atoms with Gasteiger partial charge < -0.3 is 14.7 Å². The molecular weight excluding hydrogens is 323 g/mol. The van der Waals surface area contributed by atoms with Gasteiger partial charge in [-0.3, -0.25) is 4.79 Å². The Hall–Kier alpha value is -1.60. The van der Waals surface area contributed by atoms with Gasteiger partial charge >= 0.3 is 6.18 Å². The van der Waals surface area contributed by atoms with Crippen LogP contribution < -0.4 is 0 Å². The number of hydrogen-bond donors (Lipinski definition) is 1. The molecule has 0 radical (unpaired) electrons. The molecule has 24 heavy (non-hydrogen) atoms. The van der Waals surface area contributed by atoms with Crippen LogP contribution >= 0.6 is 0 Å². The molecular formula is C17H22F3NO3. The molecule has 1 heterocycles. The molecule has 134 valence electrons. The predicted molar refractivity (Wildman–Crippen MR) is 82.4 cm³/mol. The molecule has 0 aliphatic carbocycles. The van der Waals surface area contributed by atoms with Crippen LogP contribution in [0, 0.1) is 0 Å². The molecule has 0 bridgehead atoms. The van der Waals surface area contributed by atoms with Crippen LogP contribution in [0.2, 0.25) is 0 Å². The van der Waals surface area contributed by atoms with Gasteiger partial charge in [0.2, 0.25) is 5.91 Å². The largest absolute Gasteiger partial charge is 0.416 e. The zero-order valence-corrected chi connectivity index (χ0v) is 14.0. The lowest BCUT2D eigenvalue weighted by Gasteiger charge is -2.35. The second-order valence-electron chi connectivity index (χ2n) is 6.97. The Balaban J connectivity index is 2.22. The minimum atomic E-state index is -4.44. The first-order valence-corrected chi connectivity index (χ1v) is 7.74. The van der Waals surface area contributed by atoms with Crippen molar-refractivity contribution < 1.29 is 27.8 Å². The van der Waals surface area contributed by atoms with Crippen LogP contribution in [0.3, 0.4) is 0 Å². The highest BCUT2D eigenvalue weighted by Crippen LogP contribution is 2.35. The third-order valence-electron chi connectivity index (χ3n) is 3.91. The third kappa shape index (κ3) is 4.48. The van der Waals surface area contributed by atoms with Crippen LogP contribution in [-0.2, 0) is 22.3 Å². The highest BCUT2D eigenvalue weighted by atomic mass is 19.4. The van der Waals surface area contributed by atoms with Crippen LogP contribution in [0.25, 0.3) is 0 Å². The van der Waals surface area contributed by atoms with Crippen LogP contribution in [0.5, 0.6) is 0 Å². The highest BCUT2D eigenvalue weighted by molar-refractivity contribution is 5.78. The SMILES string of the molecule is CC(C)(C)OCC(=O)N1Cc2cc(C(F)(F)F)ccc2C(CO)C1.